The Labute approximate surface area is 208 Å². The van der Waals surface area contributed by atoms with Crippen molar-refractivity contribution in [3.05, 3.63) is 70.7 Å². The van der Waals surface area contributed by atoms with Crippen molar-refractivity contribution in [3.63, 3.8) is 0 Å². The van der Waals surface area contributed by atoms with E-state index in [1.54, 1.807) is 19.1 Å². The van der Waals surface area contributed by atoms with Crippen LogP contribution in [0.5, 0.6) is 11.5 Å². The fourth-order valence-electron chi connectivity index (χ4n) is 4.72. The highest BCUT2D eigenvalue weighted by Crippen LogP contribution is 2.33. The van der Waals surface area contributed by atoms with Gasteiger partial charge in [-0.1, -0.05) is 18.2 Å². The van der Waals surface area contributed by atoms with E-state index in [9.17, 15) is 14.0 Å². The van der Waals surface area contributed by atoms with Crippen molar-refractivity contribution >= 4 is 12.0 Å². The molecule has 2 N–H and O–H groups in total. The number of halogens is 1. The molecule has 0 spiro atoms. The molecule has 0 radical (unpaired) electrons. The highest BCUT2D eigenvalue weighted by Gasteiger charge is 2.34. The van der Waals surface area contributed by atoms with E-state index in [0.717, 1.165) is 49.8 Å². The van der Waals surface area contributed by atoms with Crippen molar-refractivity contribution in [3.8, 4) is 11.5 Å². The van der Waals surface area contributed by atoms with Crippen LogP contribution >= 0.6 is 0 Å². The molecule has 1 atom stereocenters. The lowest BCUT2D eigenvalue weighted by Crippen LogP contribution is -2.51. The summed E-state index contributed by atoms with van der Waals surface area (Å²) < 4.78 is 29.7. The van der Waals surface area contributed by atoms with E-state index in [2.05, 4.69) is 26.5 Å². The van der Waals surface area contributed by atoms with Crippen LogP contribution in [0.2, 0.25) is 0 Å². The molecule has 2 aromatic carbocycles. The summed E-state index contributed by atoms with van der Waals surface area (Å²) in [6.45, 7) is 6.62. The van der Waals surface area contributed by atoms with Gasteiger partial charge in [0, 0.05) is 45.0 Å². The molecule has 0 unspecified atom stereocenters. The number of piperazine rings is 1. The maximum atomic E-state index is 13.5. The minimum absolute atomic E-state index is 0.207. The number of hydrogen-bond acceptors (Lipinski definition) is 7. The summed E-state index contributed by atoms with van der Waals surface area (Å²) in [5, 5.41) is 5.60. The van der Waals surface area contributed by atoms with Gasteiger partial charge >= 0.3 is 12.0 Å². The van der Waals surface area contributed by atoms with Gasteiger partial charge in [-0.05, 0) is 42.3 Å². The van der Waals surface area contributed by atoms with Gasteiger partial charge in [-0.25, -0.2) is 14.0 Å². The number of fused-ring (bicyclic) bond motifs is 1. The Morgan fingerprint density at radius 2 is 1.72 bits per heavy atom. The minimum atomic E-state index is -0.722. The molecule has 9 nitrogen and oxygen atoms in total. The number of hydrogen-bond donors (Lipinski definition) is 2. The summed E-state index contributed by atoms with van der Waals surface area (Å²) in [6.07, 6.45) is 0. The Morgan fingerprint density at radius 1 is 1.03 bits per heavy atom. The molecule has 3 heterocycles. The Balaban J connectivity index is 1.28. The van der Waals surface area contributed by atoms with Crippen LogP contribution in [0.3, 0.4) is 0 Å². The van der Waals surface area contributed by atoms with Gasteiger partial charge < -0.3 is 24.8 Å². The van der Waals surface area contributed by atoms with Crippen molar-refractivity contribution in [2.45, 2.75) is 19.5 Å². The molecule has 5 rings (SSSR count). The van der Waals surface area contributed by atoms with E-state index < -0.39 is 18.0 Å². The predicted octanol–water partition coefficient (Wildman–Crippen LogP) is 2.54. The largest absolute Gasteiger partial charge is 0.463 e. The first-order valence-corrected chi connectivity index (χ1v) is 12.1. The molecule has 10 heteroatoms. The maximum absolute atomic E-state index is 13.5. The zero-order chi connectivity index (χ0) is 25.1. The van der Waals surface area contributed by atoms with Crippen LogP contribution in [-0.4, -0.2) is 67.9 Å². The van der Waals surface area contributed by atoms with Gasteiger partial charge in [0.1, 0.15) is 5.82 Å². The third kappa shape index (κ3) is 5.29. The van der Waals surface area contributed by atoms with Crippen molar-refractivity contribution in [2.24, 2.45) is 0 Å². The van der Waals surface area contributed by atoms with Crippen LogP contribution in [0.4, 0.5) is 9.18 Å². The molecule has 0 aromatic heterocycles. The minimum Gasteiger partial charge on any atom is -0.463 e. The van der Waals surface area contributed by atoms with Crippen molar-refractivity contribution in [1.29, 1.82) is 0 Å². The van der Waals surface area contributed by atoms with Crippen LogP contribution in [0, 0.1) is 5.82 Å². The van der Waals surface area contributed by atoms with Crippen molar-refractivity contribution in [2.75, 3.05) is 46.1 Å². The lowest BCUT2D eigenvalue weighted by Gasteiger charge is -2.37. The van der Waals surface area contributed by atoms with Crippen LogP contribution in [0.1, 0.15) is 24.1 Å². The summed E-state index contributed by atoms with van der Waals surface area (Å²) in [6, 6.07) is 10.6. The fraction of sp³-hybridized carbons (Fsp3) is 0.385. The fourth-order valence-corrected chi connectivity index (χ4v) is 4.72. The van der Waals surface area contributed by atoms with Crippen LogP contribution < -0.4 is 20.1 Å². The molecule has 3 aliphatic heterocycles. The molecule has 190 valence electrons. The SMILES string of the molecule is CCOC(=O)C1=C(CN2CCN(Cc3ccc4c(c3)OCO4)CC2)NC(=O)N[C@H]1c1ccc(F)cc1. The number of ether oxygens (including phenoxy) is 3. The van der Waals surface area contributed by atoms with Crippen LogP contribution in [-0.2, 0) is 16.1 Å². The number of carbonyl (C=O) groups is 2. The third-order valence-corrected chi connectivity index (χ3v) is 6.54. The highest BCUT2D eigenvalue weighted by molar-refractivity contribution is 5.95. The number of urea groups is 1. The van der Waals surface area contributed by atoms with Gasteiger partial charge in [0.2, 0.25) is 6.79 Å². The van der Waals surface area contributed by atoms with Gasteiger partial charge in [0.15, 0.2) is 11.5 Å². The standard InChI is InChI=1S/C26H29FN4O5/c1-2-34-25(32)23-20(28-26(33)29-24(23)18-4-6-19(27)7-5-18)15-31-11-9-30(10-12-31)14-17-3-8-21-22(13-17)36-16-35-21/h3-8,13,24H,2,9-12,14-16H2,1H3,(H2,28,29,33)/t24-/m0/s1. The molecule has 0 aliphatic carbocycles. The molecule has 3 aliphatic rings. The summed E-state index contributed by atoms with van der Waals surface area (Å²) in [7, 11) is 0. The molecular formula is C26H29FN4O5. The van der Waals surface area contributed by atoms with Gasteiger partial charge in [-0.3, -0.25) is 9.80 Å². The summed E-state index contributed by atoms with van der Waals surface area (Å²) in [4.78, 5) is 30.0. The summed E-state index contributed by atoms with van der Waals surface area (Å²) in [5.41, 5.74) is 2.62. The number of amides is 2. The van der Waals surface area contributed by atoms with E-state index in [1.165, 1.54) is 12.1 Å². The molecule has 1 saturated heterocycles. The number of nitrogens with one attached hydrogen (secondary N) is 2. The number of nitrogens with zero attached hydrogens (tertiary/aromatic N) is 2. The van der Waals surface area contributed by atoms with Crippen LogP contribution in [0.25, 0.3) is 0 Å². The molecule has 0 bridgehead atoms. The second kappa shape index (κ2) is 10.5. The third-order valence-electron chi connectivity index (χ3n) is 6.54. The molecule has 2 aromatic rings. The normalized spacial score (nSPS) is 20.2. The zero-order valence-electron chi connectivity index (χ0n) is 20.1. The van der Waals surface area contributed by atoms with Gasteiger partial charge in [0.05, 0.1) is 18.2 Å². The smallest absolute Gasteiger partial charge is 0.338 e. The van der Waals surface area contributed by atoms with E-state index in [4.69, 9.17) is 14.2 Å². The average molecular weight is 497 g/mol. The van der Waals surface area contributed by atoms with Gasteiger partial charge in [-0.15, -0.1) is 0 Å². The first kappa shape index (κ1) is 24.1. The number of carbonyl (C=O) groups excluding carboxylic acids is 2. The summed E-state index contributed by atoms with van der Waals surface area (Å²) >= 11 is 0. The van der Waals surface area contributed by atoms with E-state index in [1.807, 2.05) is 12.1 Å². The summed E-state index contributed by atoms with van der Waals surface area (Å²) in [5.74, 6) is 0.662. The maximum Gasteiger partial charge on any atom is 0.338 e. The van der Waals surface area contributed by atoms with Crippen molar-refractivity contribution < 1.29 is 28.2 Å². The van der Waals surface area contributed by atoms with E-state index in [-0.39, 0.29) is 19.2 Å². The topological polar surface area (TPSA) is 92.4 Å². The first-order chi connectivity index (χ1) is 17.5. The quantitative estimate of drug-likeness (QED) is 0.569. The molecule has 36 heavy (non-hydrogen) atoms. The zero-order valence-corrected chi connectivity index (χ0v) is 20.1. The first-order valence-electron chi connectivity index (χ1n) is 12.1. The van der Waals surface area contributed by atoms with E-state index in [0.29, 0.717) is 23.4 Å². The lowest BCUT2D eigenvalue weighted by molar-refractivity contribution is -0.139. The second-order valence-electron chi connectivity index (χ2n) is 8.94. The van der Waals surface area contributed by atoms with Crippen molar-refractivity contribution in [1.82, 2.24) is 20.4 Å². The Bertz CT molecular complexity index is 1160. The van der Waals surface area contributed by atoms with E-state index >= 15 is 0 Å². The van der Waals surface area contributed by atoms with Gasteiger partial charge in [-0.2, -0.15) is 0 Å². The second-order valence-corrected chi connectivity index (χ2v) is 8.94. The molecule has 0 saturated carbocycles. The molecular weight excluding hydrogens is 467 g/mol. The highest BCUT2D eigenvalue weighted by atomic mass is 19.1. The van der Waals surface area contributed by atoms with Gasteiger partial charge in [0.25, 0.3) is 0 Å². The Hall–Kier alpha value is -3.63. The monoisotopic (exact) mass is 496 g/mol. The Morgan fingerprint density at radius 3 is 2.44 bits per heavy atom. The number of benzene rings is 2. The van der Waals surface area contributed by atoms with Crippen LogP contribution in [0.15, 0.2) is 53.7 Å². The molecule has 1 fully saturated rings. The Kier molecular flexibility index (Phi) is 7.06. The molecule has 2 amide bonds. The number of rotatable bonds is 7. The predicted molar refractivity (Wildman–Crippen MR) is 129 cm³/mol. The lowest BCUT2D eigenvalue weighted by atomic mass is 9.95. The average Bonchev–Trinajstić information content (AvgIpc) is 3.33. The number of esters is 1.